The highest BCUT2D eigenvalue weighted by atomic mass is 35.5. The lowest BCUT2D eigenvalue weighted by molar-refractivity contribution is -0.138. The largest absolute Gasteiger partial charge is 0.481 e. The van der Waals surface area contributed by atoms with E-state index < -0.39 is 6.10 Å². The van der Waals surface area contributed by atoms with Crippen molar-refractivity contribution in [2.45, 2.75) is 33.0 Å². The predicted molar refractivity (Wildman–Crippen MR) is 105 cm³/mol. The fraction of sp³-hybridized carbons (Fsp3) is 0.300. The van der Waals surface area contributed by atoms with Gasteiger partial charge in [0.1, 0.15) is 5.75 Å². The molecule has 0 fully saturated rings. The zero-order chi connectivity index (χ0) is 19.4. The van der Waals surface area contributed by atoms with Crippen LogP contribution in [0.3, 0.4) is 0 Å². The molecule has 0 saturated carbocycles. The molecular formula is C20H22ClN3O3. The van der Waals surface area contributed by atoms with E-state index in [0.29, 0.717) is 36.1 Å². The number of urea groups is 1. The van der Waals surface area contributed by atoms with Crippen LogP contribution in [0.15, 0.2) is 42.5 Å². The summed E-state index contributed by atoms with van der Waals surface area (Å²) in [6.07, 6.45) is -0.601. The maximum Gasteiger partial charge on any atom is 0.319 e. The molecule has 0 aromatic heterocycles. The number of anilines is 1. The van der Waals surface area contributed by atoms with Gasteiger partial charge < -0.3 is 20.3 Å². The topological polar surface area (TPSA) is 70.7 Å². The van der Waals surface area contributed by atoms with Crippen molar-refractivity contribution in [1.82, 2.24) is 10.2 Å². The Labute approximate surface area is 163 Å². The van der Waals surface area contributed by atoms with Gasteiger partial charge in [0.25, 0.3) is 5.91 Å². The first-order chi connectivity index (χ1) is 13.0. The Morgan fingerprint density at radius 3 is 2.81 bits per heavy atom. The molecule has 0 saturated heterocycles. The Morgan fingerprint density at radius 1 is 1.30 bits per heavy atom. The smallest absolute Gasteiger partial charge is 0.319 e. The number of rotatable bonds is 4. The molecule has 6 nitrogen and oxygen atoms in total. The van der Waals surface area contributed by atoms with E-state index in [-0.39, 0.29) is 11.9 Å². The Bertz CT molecular complexity index is 856. The standard InChI is InChI=1S/C20H22ClN3O3/c1-3-22-20(26)23-16-8-9-18-15(10-16)12-24(19(25)13(2)27-18)11-14-6-4-5-7-17(14)21/h4-10,13H,3,11-12H2,1-2H3,(H2,22,23,26). The number of carbonyl (C=O) groups is 2. The molecule has 2 N–H and O–H groups in total. The molecule has 1 aliphatic rings. The number of amides is 3. The summed E-state index contributed by atoms with van der Waals surface area (Å²) >= 11 is 6.26. The van der Waals surface area contributed by atoms with Crippen LogP contribution in [0.5, 0.6) is 5.75 Å². The van der Waals surface area contributed by atoms with Crippen molar-refractivity contribution in [1.29, 1.82) is 0 Å². The van der Waals surface area contributed by atoms with Crippen LogP contribution in [0.25, 0.3) is 0 Å². The SMILES string of the molecule is CCNC(=O)Nc1ccc2c(c1)CN(Cc1ccccc1Cl)C(=O)C(C)O2. The molecule has 27 heavy (non-hydrogen) atoms. The lowest BCUT2D eigenvalue weighted by Gasteiger charge is -2.22. The van der Waals surface area contributed by atoms with Crippen molar-refractivity contribution in [3.63, 3.8) is 0 Å². The summed E-state index contributed by atoms with van der Waals surface area (Å²) < 4.78 is 5.82. The maximum absolute atomic E-state index is 12.8. The van der Waals surface area contributed by atoms with Crippen molar-refractivity contribution in [2.75, 3.05) is 11.9 Å². The molecule has 1 unspecified atom stereocenters. The number of hydrogen-bond donors (Lipinski definition) is 2. The molecule has 1 aliphatic heterocycles. The number of hydrogen-bond acceptors (Lipinski definition) is 3. The van der Waals surface area contributed by atoms with Gasteiger partial charge in [0.05, 0.1) is 0 Å². The summed E-state index contributed by atoms with van der Waals surface area (Å²) in [5, 5.41) is 6.09. The van der Waals surface area contributed by atoms with Crippen LogP contribution >= 0.6 is 11.6 Å². The van der Waals surface area contributed by atoms with Crippen LogP contribution in [-0.2, 0) is 17.9 Å². The molecule has 2 aromatic carbocycles. The van der Waals surface area contributed by atoms with Crippen LogP contribution in [0, 0.1) is 0 Å². The second kappa shape index (κ2) is 8.31. The summed E-state index contributed by atoms with van der Waals surface area (Å²) in [6, 6.07) is 12.6. The molecule has 0 bridgehead atoms. The fourth-order valence-electron chi connectivity index (χ4n) is 2.98. The van der Waals surface area contributed by atoms with Crippen molar-refractivity contribution in [3.05, 3.63) is 58.6 Å². The first-order valence-electron chi connectivity index (χ1n) is 8.84. The highest BCUT2D eigenvalue weighted by Crippen LogP contribution is 2.30. The molecule has 142 valence electrons. The fourth-order valence-corrected chi connectivity index (χ4v) is 3.17. The Balaban J connectivity index is 1.85. The summed E-state index contributed by atoms with van der Waals surface area (Å²) in [5.74, 6) is 0.531. The van der Waals surface area contributed by atoms with Gasteiger partial charge in [0.15, 0.2) is 6.10 Å². The molecule has 0 aliphatic carbocycles. The zero-order valence-corrected chi connectivity index (χ0v) is 16.0. The van der Waals surface area contributed by atoms with Crippen molar-refractivity contribution < 1.29 is 14.3 Å². The lowest BCUT2D eigenvalue weighted by atomic mass is 10.1. The summed E-state index contributed by atoms with van der Waals surface area (Å²) in [7, 11) is 0. The number of benzene rings is 2. The third kappa shape index (κ3) is 4.52. The molecule has 1 heterocycles. The summed E-state index contributed by atoms with van der Waals surface area (Å²) in [4.78, 5) is 26.2. The molecule has 0 spiro atoms. The van der Waals surface area contributed by atoms with E-state index in [1.165, 1.54) is 0 Å². The first-order valence-corrected chi connectivity index (χ1v) is 9.22. The minimum Gasteiger partial charge on any atom is -0.481 e. The van der Waals surface area contributed by atoms with Crippen LogP contribution < -0.4 is 15.4 Å². The molecule has 3 amide bonds. The quantitative estimate of drug-likeness (QED) is 0.838. The second-order valence-electron chi connectivity index (χ2n) is 6.35. The number of nitrogens with one attached hydrogen (secondary N) is 2. The monoisotopic (exact) mass is 387 g/mol. The maximum atomic E-state index is 12.8. The molecular weight excluding hydrogens is 366 g/mol. The second-order valence-corrected chi connectivity index (χ2v) is 6.76. The Kier molecular flexibility index (Phi) is 5.86. The average molecular weight is 388 g/mol. The normalized spacial score (nSPS) is 16.2. The average Bonchev–Trinajstić information content (AvgIpc) is 2.74. The molecule has 2 aromatic rings. The van der Waals surface area contributed by atoms with E-state index in [1.807, 2.05) is 31.2 Å². The van der Waals surface area contributed by atoms with Gasteiger partial charge in [-0.2, -0.15) is 0 Å². The Hall–Kier alpha value is -2.73. The van der Waals surface area contributed by atoms with Gasteiger partial charge in [-0.3, -0.25) is 4.79 Å². The van der Waals surface area contributed by atoms with Crippen LogP contribution in [0.1, 0.15) is 25.0 Å². The van der Waals surface area contributed by atoms with E-state index in [9.17, 15) is 9.59 Å². The first kappa shape index (κ1) is 19.0. The minimum absolute atomic E-state index is 0.107. The van der Waals surface area contributed by atoms with E-state index in [1.54, 1.807) is 30.0 Å². The van der Waals surface area contributed by atoms with Gasteiger partial charge in [-0.05, 0) is 43.7 Å². The van der Waals surface area contributed by atoms with E-state index in [2.05, 4.69) is 10.6 Å². The van der Waals surface area contributed by atoms with Gasteiger partial charge in [-0.25, -0.2) is 4.79 Å². The van der Waals surface area contributed by atoms with E-state index in [0.717, 1.165) is 11.1 Å². The van der Waals surface area contributed by atoms with Crippen LogP contribution in [0.4, 0.5) is 10.5 Å². The van der Waals surface area contributed by atoms with Gasteiger partial charge in [0, 0.05) is 35.9 Å². The van der Waals surface area contributed by atoms with Gasteiger partial charge in [0.2, 0.25) is 0 Å². The van der Waals surface area contributed by atoms with Gasteiger partial charge in [-0.1, -0.05) is 29.8 Å². The van der Waals surface area contributed by atoms with E-state index in [4.69, 9.17) is 16.3 Å². The minimum atomic E-state index is -0.601. The molecule has 0 radical (unpaired) electrons. The van der Waals surface area contributed by atoms with Gasteiger partial charge >= 0.3 is 6.03 Å². The highest BCUT2D eigenvalue weighted by molar-refractivity contribution is 6.31. The van der Waals surface area contributed by atoms with Crippen molar-refractivity contribution in [2.24, 2.45) is 0 Å². The zero-order valence-electron chi connectivity index (χ0n) is 15.3. The van der Waals surface area contributed by atoms with E-state index >= 15 is 0 Å². The molecule has 7 heteroatoms. The van der Waals surface area contributed by atoms with Crippen LogP contribution in [-0.4, -0.2) is 29.5 Å². The summed E-state index contributed by atoms with van der Waals surface area (Å²) in [5.41, 5.74) is 2.34. The Morgan fingerprint density at radius 2 is 2.07 bits per heavy atom. The van der Waals surface area contributed by atoms with Crippen molar-refractivity contribution in [3.8, 4) is 5.75 Å². The molecule has 1 atom stereocenters. The number of ether oxygens (including phenoxy) is 1. The highest BCUT2D eigenvalue weighted by Gasteiger charge is 2.28. The van der Waals surface area contributed by atoms with Crippen molar-refractivity contribution >= 4 is 29.2 Å². The van der Waals surface area contributed by atoms with Crippen LogP contribution in [0.2, 0.25) is 5.02 Å². The number of carbonyl (C=O) groups excluding carboxylic acids is 2. The lowest BCUT2D eigenvalue weighted by Crippen LogP contribution is -2.37. The van der Waals surface area contributed by atoms with Gasteiger partial charge in [-0.15, -0.1) is 0 Å². The predicted octanol–water partition coefficient (Wildman–Crippen LogP) is 3.79. The summed E-state index contributed by atoms with van der Waals surface area (Å²) in [6.45, 7) is 4.88. The third-order valence-corrected chi connectivity index (χ3v) is 4.67. The molecule has 3 rings (SSSR count). The number of fused-ring (bicyclic) bond motifs is 1. The number of nitrogens with zero attached hydrogens (tertiary/aromatic N) is 1. The third-order valence-electron chi connectivity index (χ3n) is 4.30. The number of halogens is 1.